The Morgan fingerprint density at radius 3 is 2.50 bits per heavy atom. The molecule has 6 heteroatoms. The standard InChI is InChI=1S/C14H15Cl2N3O/c1-10-17-13(16)9-14(18-10)19(2)7-8-20-12-5-3-11(15)4-6-12/h3-6,9H,7-8H2,1-2H3. The second kappa shape index (κ2) is 6.77. The van der Waals surface area contributed by atoms with Gasteiger partial charge in [-0.2, -0.15) is 0 Å². The van der Waals surface area contributed by atoms with E-state index in [-0.39, 0.29) is 0 Å². The molecule has 1 aromatic carbocycles. The molecule has 2 rings (SSSR count). The van der Waals surface area contributed by atoms with Gasteiger partial charge in [0.1, 0.15) is 29.2 Å². The van der Waals surface area contributed by atoms with Crippen molar-refractivity contribution in [2.24, 2.45) is 0 Å². The molecule has 0 aliphatic rings. The summed E-state index contributed by atoms with van der Waals surface area (Å²) in [4.78, 5) is 10.3. The van der Waals surface area contributed by atoms with Crippen LogP contribution in [0.4, 0.5) is 5.82 Å². The number of aryl methyl sites for hydroxylation is 1. The summed E-state index contributed by atoms with van der Waals surface area (Å²) >= 11 is 11.7. The number of benzene rings is 1. The first-order chi connectivity index (χ1) is 9.54. The van der Waals surface area contributed by atoms with Crippen LogP contribution in [0.1, 0.15) is 5.82 Å². The third-order valence-corrected chi connectivity index (χ3v) is 3.14. The number of rotatable bonds is 5. The Morgan fingerprint density at radius 2 is 1.85 bits per heavy atom. The highest BCUT2D eigenvalue weighted by Crippen LogP contribution is 2.16. The van der Waals surface area contributed by atoms with Crippen molar-refractivity contribution >= 4 is 29.0 Å². The molecule has 0 aliphatic carbocycles. The van der Waals surface area contributed by atoms with Gasteiger partial charge in [0.25, 0.3) is 0 Å². The first kappa shape index (κ1) is 14.9. The first-order valence-electron chi connectivity index (χ1n) is 6.15. The molecular weight excluding hydrogens is 297 g/mol. The monoisotopic (exact) mass is 311 g/mol. The summed E-state index contributed by atoms with van der Waals surface area (Å²) in [5, 5.41) is 1.14. The number of anilines is 1. The summed E-state index contributed by atoms with van der Waals surface area (Å²) in [6.07, 6.45) is 0. The zero-order chi connectivity index (χ0) is 14.5. The molecule has 4 nitrogen and oxygen atoms in total. The molecule has 0 spiro atoms. The molecule has 0 fully saturated rings. The Bertz CT molecular complexity index is 555. The lowest BCUT2D eigenvalue weighted by Crippen LogP contribution is -2.25. The molecule has 0 radical (unpaired) electrons. The number of halogens is 2. The van der Waals surface area contributed by atoms with E-state index in [2.05, 4.69) is 9.97 Å². The van der Waals surface area contributed by atoms with E-state index >= 15 is 0 Å². The highest BCUT2D eigenvalue weighted by molar-refractivity contribution is 6.30. The third kappa shape index (κ3) is 4.25. The predicted octanol–water partition coefficient (Wildman–Crippen LogP) is 3.61. The minimum absolute atomic E-state index is 0.443. The summed E-state index contributed by atoms with van der Waals surface area (Å²) in [5.41, 5.74) is 0. The van der Waals surface area contributed by atoms with Crippen molar-refractivity contribution in [3.05, 3.63) is 46.3 Å². The maximum Gasteiger partial charge on any atom is 0.134 e. The van der Waals surface area contributed by atoms with Crippen LogP contribution in [0.3, 0.4) is 0 Å². The van der Waals surface area contributed by atoms with Crippen LogP contribution in [0.15, 0.2) is 30.3 Å². The van der Waals surface area contributed by atoms with E-state index in [4.69, 9.17) is 27.9 Å². The number of likely N-dealkylation sites (N-methyl/N-ethyl adjacent to an activating group) is 1. The van der Waals surface area contributed by atoms with Crippen LogP contribution in [-0.4, -0.2) is 30.2 Å². The molecule has 1 heterocycles. The third-order valence-electron chi connectivity index (χ3n) is 2.69. The second-order valence-corrected chi connectivity index (χ2v) is 5.14. The summed E-state index contributed by atoms with van der Waals surface area (Å²) in [6.45, 7) is 3.04. The number of nitrogens with zero attached hydrogens (tertiary/aromatic N) is 3. The number of aromatic nitrogens is 2. The average molecular weight is 312 g/mol. The highest BCUT2D eigenvalue weighted by atomic mass is 35.5. The lowest BCUT2D eigenvalue weighted by molar-refractivity contribution is 0.325. The Hall–Kier alpha value is -1.52. The topological polar surface area (TPSA) is 38.2 Å². The van der Waals surface area contributed by atoms with E-state index in [9.17, 15) is 0 Å². The van der Waals surface area contributed by atoms with Crippen LogP contribution >= 0.6 is 23.2 Å². The van der Waals surface area contributed by atoms with Crippen LogP contribution < -0.4 is 9.64 Å². The van der Waals surface area contributed by atoms with Gasteiger partial charge in [0.15, 0.2) is 0 Å². The van der Waals surface area contributed by atoms with Gasteiger partial charge in [0.05, 0.1) is 6.54 Å². The minimum Gasteiger partial charge on any atom is -0.492 e. The molecule has 0 saturated heterocycles. The van der Waals surface area contributed by atoms with Crippen molar-refractivity contribution in [1.29, 1.82) is 0 Å². The van der Waals surface area contributed by atoms with Gasteiger partial charge in [-0.25, -0.2) is 9.97 Å². The molecule has 106 valence electrons. The Morgan fingerprint density at radius 1 is 1.15 bits per heavy atom. The van der Waals surface area contributed by atoms with E-state index < -0.39 is 0 Å². The average Bonchev–Trinajstić information content (AvgIpc) is 2.40. The van der Waals surface area contributed by atoms with Gasteiger partial charge in [-0.05, 0) is 31.2 Å². The van der Waals surface area contributed by atoms with Gasteiger partial charge in [-0.1, -0.05) is 23.2 Å². The van der Waals surface area contributed by atoms with Crippen molar-refractivity contribution in [1.82, 2.24) is 9.97 Å². The van der Waals surface area contributed by atoms with Crippen molar-refractivity contribution in [3.63, 3.8) is 0 Å². The van der Waals surface area contributed by atoms with Crippen molar-refractivity contribution < 1.29 is 4.74 Å². The fourth-order valence-corrected chi connectivity index (χ4v) is 2.00. The molecule has 2 aromatic rings. The number of hydrogen-bond acceptors (Lipinski definition) is 4. The molecule has 0 unspecified atom stereocenters. The Balaban J connectivity index is 1.88. The largest absolute Gasteiger partial charge is 0.492 e. The number of hydrogen-bond donors (Lipinski definition) is 0. The summed E-state index contributed by atoms with van der Waals surface area (Å²) in [7, 11) is 1.93. The van der Waals surface area contributed by atoms with Gasteiger partial charge in [0, 0.05) is 18.1 Å². The molecule has 0 amide bonds. The van der Waals surface area contributed by atoms with Crippen molar-refractivity contribution in [2.45, 2.75) is 6.92 Å². The van der Waals surface area contributed by atoms with E-state index in [0.29, 0.717) is 29.2 Å². The molecule has 1 aromatic heterocycles. The number of ether oxygens (including phenoxy) is 1. The molecule has 20 heavy (non-hydrogen) atoms. The van der Waals surface area contributed by atoms with Gasteiger partial charge in [-0.15, -0.1) is 0 Å². The van der Waals surface area contributed by atoms with E-state index in [1.54, 1.807) is 18.2 Å². The summed E-state index contributed by atoms with van der Waals surface area (Å²) in [6, 6.07) is 9.02. The first-order valence-corrected chi connectivity index (χ1v) is 6.91. The van der Waals surface area contributed by atoms with Crippen molar-refractivity contribution in [2.75, 3.05) is 25.1 Å². The van der Waals surface area contributed by atoms with Crippen molar-refractivity contribution in [3.8, 4) is 5.75 Å². The fraction of sp³-hybridized carbons (Fsp3) is 0.286. The lowest BCUT2D eigenvalue weighted by atomic mass is 10.3. The molecule has 0 atom stereocenters. The fourth-order valence-electron chi connectivity index (χ4n) is 1.66. The minimum atomic E-state index is 0.443. The lowest BCUT2D eigenvalue weighted by Gasteiger charge is -2.18. The summed E-state index contributed by atoms with van der Waals surface area (Å²) in [5.74, 6) is 2.22. The smallest absolute Gasteiger partial charge is 0.134 e. The molecule has 0 bridgehead atoms. The van der Waals surface area contributed by atoms with Gasteiger partial charge in [0.2, 0.25) is 0 Å². The molecular formula is C14H15Cl2N3O. The highest BCUT2D eigenvalue weighted by Gasteiger charge is 2.06. The second-order valence-electron chi connectivity index (χ2n) is 4.32. The van der Waals surface area contributed by atoms with Crippen LogP contribution in [0, 0.1) is 6.92 Å². The zero-order valence-corrected chi connectivity index (χ0v) is 12.8. The maximum absolute atomic E-state index is 5.92. The molecule has 0 saturated carbocycles. The summed E-state index contributed by atoms with van der Waals surface area (Å²) < 4.78 is 5.64. The van der Waals surface area contributed by atoms with Crippen LogP contribution in [0.2, 0.25) is 10.2 Å². The molecule has 0 N–H and O–H groups in total. The zero-order valence-electron chi connectivity index (χ0n) is 11.3. The van der Waals surface area contributed by atoms with Crippen LogP contribution in [0.25, 0.3) is 0 Å². The quantitative estimate of drug-likeness (QED) is 0.791. The van der Waals surface area contributed by atoms with E-state index in [1.807, 2.05) is 31.0 Å². The predicted molar refractivity (Wildman–Crippen MR) is 82.0 cm³/mol. The SMILES string of the molecule is Cc1nc(Cl)cc(N(C)CCOc2ccc(Cl)cc2)n1. The van der Waals surface area contributed by atoms with Gasteiger partial charge < -0.3 is 9.64 Å². The normalized spacial score (nSPS) is 10.4. The van der Waals surface area contributed by atoms with Crippen LogP contribution in [0.5, 0.6) is 5.75 Å². The van der Waals surface area contributed by atoms with E-state index in [1.165, 1.54) is 0 Å². The Labute approximate surface area is 128 Å². The van der Waals surface area contributed by atoms with Gasteiger partial charge in [-0.3, -0.25) is 0 Å². The maximum atomic E-state index is 5.92. The molecule has 0 aliphatic heterocycles. The van der Waals surface area contributed by atoms with Gasteiger partial charge >= 0.3 is 0 Å². The Kier molecular flexibility index (Phi) is 5.04. The van der Waals surface area contributed by atoms with E-state index in [0.717, 1.165) is 11.6 Å². The van der Waals surface area contributed by atoms with Crippen LogP contribution in [-0.2, 0) is 0 Å².